The van der Waals surface area contributed by atoms with Crippen molar-refractivity contribution in [3.05, 3.63) is 10.4 Å². The number of carbonyl (C=O) groups is 1. The second-order valence-electron chi connectivity index (χ2n) is 2.72. The Morgan fingerprint density at radius 1 is 1.07 bits per heavy atom. The van der Waals surface area contributed by atoms with Crippen molar-refractivity contribution in [2.45, 2.75) is 30.6 Å². The Kier molecular flexibility index (Phi) is 5.79. The summed E-state index contributed by atoms with van der Waals surface area (Å²) in [5.41, 5.74) is 7.90. The summed E-state index contributed by atoms with van der Waals surface area (Å²) in [6, 6.07) is 0. The molecule has 5 N–H and O–H groups in total. The average Bonchev–Trinajstić information content (AvgIpc) is 2.25. The van der Waals surface area contributed by atoms with E-state index in [-0.39, 0.29) is 6.29 Å². The van der Waals surface area contributed by atoms with Crippen LogP contribution in [-0.2, 0) is 4.79 Å². The third-order valence-corrected chi connectivity index (χ3v) is 1.66. The maximum atomic E-state index is 10.0. The monoisotopic (exact) mass is 221 g/mol. The largest absolute Gasteiger partial charge is 0.387 e. The molecule has 0 aliphatic heterocycles. The SMILES string of the molecule is [N-]=[N+]=NC(O)[C@@H](O)[C@@H](O)[C@H](O)[C@H](O)C=O. The molecule has 0 saturated heterocycles. The van der Waals surface area contributed by atoms with Crippen LogP contribution in [0, 0.1) is 0 Å². The fourth-order valence-corrected chi connectivity index (χ4v) is 0.782. The van der Waals surface area contributed by atoms with Crippen LogP contribution >= 0.6 is 0 Å². The first-order valence-corrected chi connectivity index (χ1v) is 3.85. The molecule has 0 saturated carbocycles. The third-order valence-electron chi connectivity index (χ3n) is 1.66. The van der Waals surface area contributed by atoms with Gasteiger partial charge in [-0.2, -0.15) is 0 Å². The van der Waals surface area contributed by atoms with Gasteiger partial charge in [0, 0.05) is 4.91 Å². The zero-order valence-corrected chi connectivity index (χ0v) is 7.45. The quantitative estimate of drug-likeness (QED) is 0.141. The molecule has 0 radical (unpaired) electrons. The van der Waals surface area contributed by atoms with E-state index in [0.717, 1.165) is 0 Å². The molecule has 0 fully saturated rings. The minimum atomic E-state index is -2.02. The molecule has 0 aliphatic carbocycles. The molecule has 0 aromatic carbocycles. The summed E-state index contributed by atoms with van der Waals surface area (Å²) in [5.74, 6) is 0. The van der Waals surface area contributed by atoms with Crippen LogP contribution in [0.4, 0.5) is 0 Å². The van der Waals surface area contributed by atoms with Gasteiger partial charge in [-0.1, -0.05) is 5.11 Å². The fourth-order valence-electron chi connectivity index (χ4n) is 0.782. The Labute approximate surface area is 83.8 Å². The van der Waals surface area contributed by atoms with Gasteiger partial charge in [-0.05, 0) is 5.53 Å². The number of aliphatic hydroxyl groups is 5. The van der Waals surface area contributed by atoms with E-state index in [1.54, 1.807) is 0 Å². The van der Waals surface area contributed by atoms with Gasteiger partial charge in [0.1, 0.15) is 24.4 Å². The zero-order chi connectivity index (χ0) is 12.0. The highest BCUT2D eigenvalue weighted by atomic mass is 16.4. The zero-order valence-electron chi connectivity index (χ0n) is 7.45. The Hall–Kier alpha value is -1.22. The van der Waals surface area contributed by atoms with Crippen LogP contribution in [0.1, 0.15) is 0 Å². The smallest absolute Gasteiger partial charge is 0.161 e. The predicted molar refractivity (Wildman–Crippen MR) is 45.2 cm³/mol. The number of carbonyl (C=O) groups excluding carboxylic acids is 1. The molecular formula is C6H11N3O6. The van der Waals surface area contributed by atoms with Crippen LogP contribution < -0.4 is 0 Å². The van der Waals surface area contributed by atoms with Gasteiger partial charge in [-0.15, -0.1) is 0 Å². The number of aldehydes is 1. The lowest BCUT2D eigenvalue weighted by Crippen LogP contribution is -2.48. The first-order chi connectivity index (χ1) is 6.95. The number of azide groups is 1. The van der Waals surface area contributed by atoms with E-state index in [2.05, 4.69) is 10.0 Å². The van der Waals surface area contributed by atoms with Crippen molar-refractivity contribution >= 4 is 6.29 Å². The number of hydrogen-bond donors (Lipinski definition) is 5. The van der Waals surface area contributed by atoms with Gasteiger partial charge >= 0.3 is 0 Å². The van der Waals surface area contributed by atoms with E-state index in [4.69, 9.17) is 31.1 Å². The van der Waals surface area contributed by atoms with Crippen molar-refractivity contribution in [1.82, 2.24) is 0 Å². The van der Waals surface area contributed by atoms with Crippen LogP contribution in [0.5, 0.6) is 0 Å². The van der Waals surface area contributed by atoms with E-state index >= 15 is 0 Å². The molecule has 0 rings (SSSR count). The molecule has 15 heavy (non-hydrogen) atoms. The molecule has 0 aromatic rings. The topological polar surface area (TPSA) is 167 Å². The van der Waals surface area contributed by atoms with E-state index < -0.39 is 30.6 Å². The Morgan fingerprint density at radius 2 is 1.60 bits per heavy atom. The first-order valence-electron chi connectivity index (χ1n) is 3.85. The lowest BCUT2D eigenvalue weighted by atomic mass is 10.0. The number of aliphatic hydroxyl groups excluding tert-OH is 5. The predicted octanol–water partition coefficient (Wildman–Crippen LogP) is -2.74. The molecule has 0 bridgehead atoms. The maximum absolute atomic E-state index is 10.0. The van der Waals surface area contributed by atoms with E-state index in [9.17, 15) is 4.79 Å². The standard InChI is InChI=1S/C6H11N3O6/c7-9-8-6(15)5(14)4(13)3(12)2(11)1-10/h1-6,11-15H/t2-,3-,4+,5+,6?/m1/s1. The third kappa shape index (κ3) is 3.80. The lowest BCUT2D eigenvalue weighted by Gasteiger charge is -2.25. The normalized spacial score (nSPS) is 20.6. The van der Waals surface area contributed by atoms with Gasteiger partial charge in [0.2, 0.25) is 0 Å². The minimum Gasteiger partial charge on any atom is -0.387 e. The maximum Gasteiger partial charge on any atom is 0.161 e. The summed E-state index contributed by atoms with van der Waals surface area (Å²) >= 11 is 0. The first kappa shape index (κ1) is 13.8. The highest BCUT2D eigenvalue weighted by Gasteiger charge is 2.33. The molecule has 0 aliphatic rings. The van der Waals surface area contributed by atoms with E-state index in [1.165, 1.54) is 0 Å². The van der Waals surface area contributed by atoms with E-state index in [1.807, 2.05) is 0 Å². The lowest BCUT2D eigenvalue weighted by molar-refractivity contribution is -0.143. The number of hydrogen-bond acceptors (Lipinski definition) is 7. The molecule has 9 heteroatoms. The number of nitrogens with zero attached hydrogens (tertiary/aromatic N) is 3. The van der Waals surface area contributed by atoms with Crippen molar-refractivity contribution in [3.63, 3.8) is 0 Å². The van der Waals surface area contributed by atoms with Gasteiger partial charge in [-0.3, -0.25) is 0 Å². The second kappa shape index (κ2) is 6.30. The van der Waals surface area contributed by atoms with Gasteiger partial charge in [0.15, 0.2) is 12.5 Å². The number of rotatable bonds is 6. The summed E-state index contributed by atoms with van der Waals surface area (Å²) in [7, 11) is 0. The van der Waals surface area contributed by atoms with Crippen molar-refractivity contribution in [1.29, 1.82) is 0 Å². The average molecular weight is 221 g/mol. The van der Waals surface area contributed by atoms with Crippen molar-refractivity contribution in [2.24, 2.45) is 5.11 Å². The molecule has 86 valence electrons. The summed E-state index contributed by atoms with van der Waals surface area (Å²) < 4.78 is 0. The molecule has 0 amide bonds. The molecule has 0 aromatic heterocycles. The van der Waals surface area contributed by atoms with Crippen LogP contribution in [0.3, 0.4) is 0 Å². The summed E-state index contributed by atoms with van der Waals surface area (Å²) in [6.45, 7) is 0. The van der Waals surface area contributed by atoms with E-state index in [0.29, 0.717) is 0 Å². The van der Waals surface area contributed by atoms with Crippen LogP contribution in [0.2, 0.25) is 0 Å². The Bertz CT molecular complexity index is 255. The Morgan fingerprint density at radius 3 is 2.00 bits per heavy atom. The van der Waals surface area contributed by atoms with Crippen LogP contribution in [-0.4, -0.2) is 62.5 Å². The van der Waals surface area contributed by atoms with Crippen molar-refractivity contribution in [3.8, 4) is 0 Å². The second-order valence-corrected chi connectivity index (χ2v) is 2.72. The molecule has 0 spiro atoms. The molecule has 0 heterocycles. The molecular weight excluding hydrogens is 210 g/mol. The van der Waals surface area contributed by atoms with Crippen molar-refractivity contribution in [2.75, 3.05) is 0 Å². The minimum absolute atomic E-state index is 0.0550. The Balaban J connectivity index is 4.48. The van der Waals surface area contributed by atoms with Gasteiger partial charge in [0.25, 0.3) is 0 Å². The summed E-state index contributed by atoms with van der Waals surface area (Å²) in [6.07, 6.45) is -9.97. The fraction of sp³-hybridized carbons (Fsp3) is 0.833. The van der Waals surface area contributed by atoms with Gasteiger partial charge < -0.3 is 30.3 Å². The molecule has 5 atom stereocenters. The van der Waals surface area contributed by atoms with Gasteiger partial charge in [0.05, 0.1) is 0 Å². The van der Waals surface area contributed by atoms with Gasteiger partial charge in [-0.25, -0.2) is 0 Å². The summed E-state index contributed by atoms with van der Waals surface area (Å²) in [5, 5.41) is 47.6. The molecule has 9 nitrogen and oxygen atoms in total. The van der Waals surface area contributed by atoms with Crippen LogP contribution in [0.15, 0.2) is 5.11 Å². The van der Waals surface area contributed by atoms with Crippen LogP contribution in [0.25, 0.3) is 10.4 Å². The van der Waals surface area contributed by atoms with Crippen molar-refractivity contribution < 1.29 is 30.3 Å². The summed E-state index contributed by atoms with van der Waals surface area (Å²) in [4.78, 5) is 12.2. The highest BCUT2D eigenvalue weighted by Crippen LogP contribution is 2.08. The molecule has 1 unspecified atom stereocenters. The highest BCUT2D eigenvalue weighted by molar-refractivity contribution is 5.56.